The van der Waals surface area contributed by atoms with Gasteiger partial charge in [0, 0.05) is 4.90 Å². The lowest BCUT2D eigenvalue weighted by Gasteiger charge is -2.41. The number of thioether (sulfide) groups is 1. The van der Waals surface area contributed by atoms with Gasteiger partial charge >= 0.3 is 11.5 Å². The fraction of sp³-hybridized carbons (Fsp3) is 0.462. The van der Waals surface area contributed by atoms with Gasteiger partial charge in [0.1, 0.15) is 10.9 Å². The Labute approximate surface area is 127 Å². The van der Waals surface area contributed by atoms with Crippen molar-refractivity contribution < 1.29 is 22.7 Å². The van der Waals surface area contributed by atoms with Crippen molar-refractivity contribution in [3.63, 3.8) is 0 Å². The van der Waals surface area contributed by atoms with Crippen LogP contribution in [-0.4, -0.2) is 16.8 Å². The van der Waals surface area contributed by atoms with Gasteiger partial charge in [0.25, 0.3) is 0 Å². The molecule has 0 atom stereocenters. The molecule has 0 spiro atoms. The van der Waals surface area contributed by atoms with Crippen LogP contribution in [0.25, 0.3) is 0 Å². The van der Waals surface area contributed by atoms with Crippen molar-refractivity contribution >= 4 is 33.7 Å². The number of ether oxygens (including phenoxy) is 1. The van der Waals surface area contributed by atoms with Crippen molar-refractivity contribution in [1.29, 1.82) is 0 Å². The van der Waals surface area contributed by atoms with Gasteiger partial charge in [0.15, 0.2) is 0 Å². The first-order valence-corrected chi connectivity index (χ1v) is 7.92. The van der Waals surface area contributed by atoms with Crippen LogP contribution in [0.4, 0.5) is 13.2 Å². The van der Waals surface area contributed by atoms with Crippen molar-refractivity contribution in [2.45, 2.75) is 35.3 Å². The number of halogens is 4. The topological polar surface area (TPSA) is 26.3 Å². The van der Waals surface area contributed by atoms with E-state index in [2.05, 4.69) is 15.9 Å². The third-order valence-corrected chi connectivity index (χ3v) is 4.39. The molecule has 1 aromatic rings. The lowest BCUT2D eigenvalue weighted by molar-refractivity contribution is -0.168. The van der Waals surface area contributed by atoms with Crippen molar-refractivity contribution in [2.75, 3.05) is 5.33 Å². The lowest BCUT2D eigenvalue weighted by Crippen LogP contribution is -2.39. The van der Waals surface area contributed by atoms with E-state index in [-0.39, 0.29) is 28.0 Å². The quantitative estimate of drug-likeness (QED) is 0.440. The Morgan fingerprint density at radius 2 is 1.90 bits per heavy atom. The highest BCUT2D eigenvalue weighted by Gasteiger charge is 2.42. The average molecular weight is 369 g/mol. The summed E-state index contributed by atoms with van der Waals surface area (Å²) in [6.45, 7) is 0. The van der Waals surface area contributed by atoms with Gasteiger partial charge in [-0.05, 0) is 48.7 Å². The summed E-state index contributed by atoms with van der Waals surface area (Å²) in [5.74, 6) is -0.363. The molecule has 2 rings (SSSR count). The molecule has 1 saturated carbocycles. The van der Waals surface area contributed by atoms with E-state index in [1.165, 1.54) is 12.1 Å². The normalized spacial score (nSPS) is 17.4. The molecular formula is C13H12BrF3O2S. The number of hydrogen-bond donors (Lipinski definition) is 0. The number of carbonyl (C=O) groups excluding carboxylic acids is 1. The monoisotopic (exact) mass is 368 g/mol. The summed E-state index contributed by atoms with van der Waals surface area (Å²) in [5.41, 5.74) is -4.20. The Kier molecular flexibility index (Phi) is 4.69. The third kappa shape index (κ3) is 3.69. The Hall–Kier alpha value is -0.690. The van der Waals surface area contributed by atoms with Gasteiger partial charge in [-0.15, -0.1) is 0 Å². The van der Waals surface area contributed by atoms with Gasteiger partial charge in [-0.1, -0.05) is 28.1 Å². The van der Waals surface area contributed by atoms with E-state index < -0.39 is 11.1 Å². The molecule has 0 amide bonds. The molecule has 1 fully saturated rings. The van der Waals surface area contributed by atoms with Gasteiger partial charge in [-0.25, -0.2) is 0 Å². The first kappa shape index (κ1) is 15.7. The first-order valence-electron chi connectivity index (χ1n) is 5.99. The highest BCUT2D eigenvalue weighted by Crippen LogP contribution is 2.46. The Morgan fingerprint density at radius 3 is 2.30 bits per heavy atom. The molecule has 0 aromatic heterocycles. The Balaban J connectivity index is 2.13. The maximum absolute atomic E-state index is 12.3. The predicted octanol–water partition coefficient (Wildman–Crippen LogP) is 4.62. The molecule has 0 radical (unpaired) electrons. The van der Waals surface area contributed by atoms with Crippen LogP contribution in [-0.2, 0) is 15.1 Å². The summed E-state index contributed by atoms with van der Waals surface area (Å²) in [7, 11) is 0. The Bertz CT molecular complexity index is 483. The van der Waals surface area contributed by atoms with Crippen LogP contribution in [0.1, 0.15) is 24.8 Å². The maximum atomic E-state index is 12.3. The van der Waals surface area contributed by atoms with E-state index in [1.54, 1.807) is 12.1 Å². The van der Waals surface area contributed by atoms with E-state index >= 15 is 0 Å². The summed E-state index contributed by atoms with van der Waals surface area (Å²) in [5, 5.41) is 0.108. The summed E-state index contributed by atoms with van der Waals surface area (Å²) in [6, 6.07) is 6.04. The molecule has 7 heteroatoms. The van der Waals surface area contributed by atoms with Crippen LogP contribution in [0.3, 0.4) is 0 Å². The van der Waals surface area contributed by atoms with Crippen LogP contribution in [0.5, 0.6) is 0 Å². The minimum absolute atomic E-state index is 0.108. The molecular weight excluding hydrogens is 357 g/mol. The summed E-state index contributed by atoms with van der Waals surface area (Å²) in [6.07, 6.45) is 2.35. The number of carbonyl (C=O) groups is 1. The number of benzene rings is 1. The molecule has 0 heterocycles. The minimum Gasteiger partial charge on any atom is -0.454 e. The molecule has 0 N–H and O–H groups in total. The second kappa shape index (κ2) is 5.97. The minimum atomic E-state index is -4.29. The zero-order valence-corrected chi connectivity index (χ0v) is 12.8. The lowest BCUT2D eigenvalue weighted by atomic mass is 9.75. The van der Waals surface area contributed by atoms with Crippen molar-refractivity contribution in [3.05, 3.63) is 29.8 Å². The molecule has 110 valence electrons. The van der Waals surface area contributed by atoms with E-state index in [9.17, 15) is 18.0 Å². The second-order valence-corrected chi connectivity index (χ2v) is 6.23. The number of alkyl halides is 4. The number of hydrogen-bond acceptors (Lipinski definition) is 3. The van der Waals surface area contributed by atoms with Crippen LogP contribution in [0.2, 0.25) is 0 Å². The zero-order chi connectivity index (χ0) is 14.8. The fourth-order valence-corrected chi connectivity index (χ4v) is 2.81. The highest BCUT2D eigenvalue weighted by atomic mass is 79.9. The number of esters is 1. The molecule has 0 bridgehead atoms. The van der Waals surface area contributed by atoms with Gasteiger partial charge in [-0.3, -0.25) is 4.79 Å². The van der Waals surface area contributed by atoms with Crippen molar-refractivity contribution in [1.82, 2.24) is 0 Å². The zero-order valence-electron chi connectivity index (χ0n) is 10.4. The molecule has 2 nitrogen and oxygen atoms in total. The smallest absolute Gasteiger partial charge is 0.446 e. The maximum Gasteiger partial charge on any atom is 0.446 e. The SMILES string of the molecule is O=C(CBr)OC1(c2ccc(SC(F)(F)F)cc2)CCC1. The molecule has 0 saturated heterocycles. The van der Waals surface area contributed by atoms with Gasteiger partial charge in [0.05, 0.1) is 0 Å². The molecule has 0 unspecified atom stereocenters. The van der Waals surface area contributed by atoms with Crippen molar-refractivity contribution in [3.8, 4) is 0 Å². The van der Waals surface area contributed by atoms with Gasteiger partial charge in [0.2, 0.25) is 0 Å². The second-order valence-electron chi connectivity index (χ2n) is 4.53. The highest BCUT2D eigenvalue weighted by molar-refractivity contribution is 9.09. The summed E-state index contributed by atoms with van der Waals surface area (Å²) >= 11 is 2.88. The van der Waals surface area contributed by atoms with Gasteiger partial charge < -0.3 is 4.74 Å². The summed E-state index contributed by atoms with van der Waals surface area (Å²) in [4.78, 5) is 11.6. The molecule has 1 aromatic carbocycles. The average Bonchev–Trinajstić information content (AvgIpc) is 2.33. The molecule has 1 aliphatic rings. The first-order chi connectivity index (χ1) is 9.35. The third-order valence-electron chi connectivity index (χ3n) is 3.19. The van der Waals surface area contributed by atoms with Gasteiger partial charge in [-0.2, -0.15) is 13.2 Å². The van der Waals surface area contributed by atoms with Crippen LogP contribution in [0.15, 0.2) is 29.2 Å². The van der Waals surface area contributed by atoms with Crippen LogP contribution in [0, 0.1) is 0 Å². The van der Waals surface area contributed by atoms with E-state index in [0.717, 1.165) is 12.0 Å². The van der Waals surface area contributed by atoms with E-state index in [4.69, 9.17) is 4.74 Å². The van der Waals surface area contributed by atoms with Crippen LogP contribution >= 0.6 is 27.7 Å². The fourth-order valence-electron chi connectivity index (χ4n) is 2.15. The Morgan fingerprint density at radius 1 is 1.30 bits per heavy atom. The summed E-state index contributed by atoms with van der Waals surface area (Å²) < 4.78 is 42.2. The standard InChI is InChI=1S/C13H12BrF3O2S/c14-8-11(18)19-12(6-1-7-12)9-2-4-10(5-3-9)20-13(15,16)17/h2-5H,1,6-8H2. The molecule has 20 heavy (non-hydrogen) atoms. The molecule has 1 aliphatic carbocycles. The van der Waals surface area contributed by atoms with E-state index in [1.807, 2.05) is 0 Å². The van der Waals surface area contributed by atoms with E-state index in [0.29, 0.717) is 12.8 Å². The molecule has 0 aliphatic heterocycles. The predicted molar refractivity (Wildman–Crippen MR) is 73.8 cm³/mol. The van der Waals surface area contributed by atoms with Crippen LogP contribution < -0.4 is 0 Å². The van der Waals surface area contributed by atoms with Crippen molar-refractivity contribution in [2.24, 2.45) is 0 Å². The number of rotatable bonds is 4. The largest absolute Gasteiger partial charge is 0.454 e.